The van der Waals surface area contributed by atoms with Gasteiger partial charge in [-0.25, -0.2) is 12.8 Å². The Balaban J connectivity index is 1.97. The van der Waals surface area contributed by atoms with Gasteiger partial charge in [-0.3, -0.25) is 9.52 Å². The maximum Gasteiger partial charge on any atom is 0.327 e. The topological polar surface area (TPSA) is 81.7 Å². The van der Waals surface area contributed by atoms with Crippen molar-refractivity contribution >= 4 is 45.7 Å². The molecular formula is C25H32BClFNO5S. The molecule has 6 nitrogen and oxygen atoms in total. The van der Waals surface area contributed by atoms with Crippen molar-refractivity contribution in [3.8, 4) is 0 Å². The summed E-state index contributed by atoms with van der Waals surface area (Å²) in [6.07, 6.45) is 2.34. The number of halogens is 2. The van der Waals surface area contributed by atoms with Crippen molar-refractivity contribution in [2.45, 2.75) is 77.8 Å². The molecule has 0 saturated carbocycles. The highest BCUT2D eigenvalue weighted by Crippen LogP contribution is 2.43. The highest BCUT2D eigenvalue weighted by Gasteiger charge is 2.45. The summed E-state index contributed by atoms with van der Waals surface area (Å²) in [6, 6.07) is 7.31. The Kier molecular flexibility index (Phi) is 7.94. The third-order valence-electron chi connectivity index (χ3n) is 7.06. The van der Waals surface area contributed by atoms with Crippen molar-refractivity contribution < 1.29 is 27.0 Å². The molecule has 0 atom stereocenters. The summed E-state index contributed by atoms with van der Waals surface area (Å²) >= 11 is 6.30. The molecule has 190 valence electrons. The second-order valence-electron chi connectivity index (χ2n) is 10.0. The molecule has 1 N–H and O–H groups in total. The lowest BCUT2D eigenvalue weighted by molar-refractivity contribution is -0.142. The van der Waals surface area contributed by atoms with Gasteiger partial charge >= 0.3 is 12.9 Å². The van der Waals surface area contributed by atoms with E-state index in [9.17, 15) is 17.6 Å². The summed E-state index contributed by atoms with van der Waals surface area (Å²) in [6.45, 7) is 11.2. The predicted molar refractivity (Wildman–Crippen MR) is 137 cm³/mol. The van der Waals surface area contributed by atoms with Crippen LogP contribution in [0, 0.1) is 11.2 Å². The first kappa shape index (κ1) is 27.5. The Bertz CT molecular complexity index is 1230. The fraction of sp³-hybridized carbons (Fsp3) is 0.480. The second kappa shape index (κ2) is 10.1. The van der Waals surface area contributed by atoms with Gasteiger partial charge in [0.1, 0.15) is 17.3 Å². The van der Waals surface area contributed by atoms with Crippen LogP contribution in [0.15, 0.2) is 35.2 Å². The van der Waals surface area contributed by atoms with Crippen LogP contribution in [0.2, 0.25) is 11.3 Å². The molecule has 35 heavy (non-hydrogen) atoms. The number of hydrogen-bond donors (Lipinski definition) is 1. The number of esters is 1. The number of benzene rings is 2. The smallest absolute Gasteiger partial charge is 0.327 e. The van der Waals surface area contributed by atoms with Gasteiger partial charge in [0.05, 0.1) is 16.3 Å². The van der Waals surface area contributed by atoms with Crippen LogP contribution in [0.25, 0.3) is 0 Å². The molecular weight excluding hydrogens is 492 g/mol. The zero-order valence-corrected chi connectivity index (χ0v) is 22.6. The van der Waals surface area contributed by atoms with Crippen LogP contribution < -0.4 is 10.2 Å². The van der Waals surface area contributed by atoms with Gasteiger partial charge in [-0.2, -0.15) is 0 Å². The van der Waals surface area contributed by atoms with E-state index in [1.165, 1.54) is 6.92 Å². The van der Waals surface area contributed by atoms with Crippen molar-refractivity contribution in [1.82, 2.24) is 0 Å². The predicted octanol–water partition coefficient (Wildman–Crippen LogP) is 5.33. The molecule has 0 radical (unpaired) electrons. The Morgan fingerprint density at radius 2 is 1.94 bits per heavy atom. The number of ether oxygens (including phenoxy) is 1. The zero-order valence-electron chi connectivity index (χ0n) is 21.0. The van der Waals surface area contributed by atoms with Gasteiger partial charge in [-0.15, -0.1) is 0 Å². The van der Waals surface area contributed by atoms with E-state index in [-0.39, 0.29) is 35.1 Å². The summed E-state index contributed by atoms with van der Waals surface area (Å²) in [5, 5.41) is -0.200. The maximum atomic E-state index is 14.3. The largest absolute Gasteiger partial charge is 0.461 e. The average molecular weight is 524 g/mol. The van der Waals surface area contributed by atoms with Gasteiger partial charge in [0.15, 0.2) is 0 Å². The van der Waals surface area contributed by atoms with Crippen LogP contribution in [-0.2, 0) is 37.2 Å². The van der Waals surface area contributed by atoms with E-state index in [1.807, 2.05) is 13.0 Å². The average Bonchev–Trinajstić information content (AvgIpc) is 2.75. The van der Waals surface area contributed by atoms with Gasteiger partial charge in [-0.1, -0.05) is 44.5 Å². The number of carbonyl (C=O) groups excluding carboxylic acids is 1. The van der Waals surface area contributed by atoms with Crippen LogP contribution in [0.4, 0.5) is 10.1 Å². The molecule has 0 aromatic heterocycles. The number of nitrogens with one attached hydrogen (secondary N) is 1. The number of sulfonamides is 1. The number of hydrogen-bond acceptors (Lipinski definition) is 5. The van der Waals surface area contributed by atoms with Crippen molar-refractivity contribution in [2.24, 2.45) is 5.41 Å². The van der Waals surface area contributed by atoms with Crippen molar-refractivity contribution in [2.75, 3.05) is 4.72 Å². The molecule has 0 spiro atoms. The summed E-state index contributed by atoms with van der Waals surface area (Å²) in [7, 11) is -4.25. The Hall–Kier alpha value is -2.10. The molecule has 10 heteroatoms. The lowest BCUT2D eigenvalue weighted by atomic mass is 9.49. The van der Waals surface area contributed by atoms with Gasteiger partial charge in [0.25, 0.3) is 10.0 Å². The number of anilines is 1. The zero-order chi connectivity index (χ0) is 26.2. The quantitative estimate of drug-likeness (QED) is 0.392. The fourth-order valence-corrected chi connectivity index (χ4v) is 5.97. The highest BCUT2D eigenvalue weighted by molar-refractivity contribution is 7.92. The Morgan fingerprint density at radius 3 is 2.54 bits per heavy atom. The molecule has 0 amide bonds. The second-order valence-corrected chi connectivity index (χ2v) is 12.1. The van der Waals surface area contributed by atoms with E-state index in [0.717, 1.165) is 35.9 Å². The van der Waals surface area contributed by atoms with E-state index in [4.69, 9.17) is 21.0 Å². The van der Waals surface area contributed by atoms with E-state index >= 15 is 0 Å². The monoisotopic (exact) mass is 523 g/mol. The summed E-state index contributed by atoms with van der Waals surface area (Å²) in [5.41, 5.74) is 1.84. The first-order chi connectivity index (χ1) is 16.2. The molecule has 1 heterocycles. The van der Waals surface area contributed by atoms with E-state index < -0.39 is 26.7 Å². The van der Waals surface area contributed by atoms with Gasteiger partial charge in [0, 0.05) is 12.5 Å². The highest BCUT2D eigenvalue weighted by atomic mass is 35.5. The third-order valence-corrected chi connectivity index (χ3v) is 9.00. The summed E-state index contributed by atoms with van der Waals surface area (Å²) in [4.78, 5) is 10.7. The number of carbonyl (C=O) groups is 1. The third kappa shape index (κ3) is 5.84. The molecule has 3 rings (SSSR count). The minimum Gasteiger partial charge on any atom is -0.461 e. The standard InChI is InChI=1S/C25H32BClFNO5S/c1-7-19-20(26-12-11-24(3,4)25(5,6)34-26)9-8-10-21(19)29-35(31,32)22-14-18(28)13-17(23(22)27)15-33-16(2)30/h8-10,13-14,29H,7,11-12,15H2,1-6H3. The normalized spacial score (nSPS) is 17.2. The molecule has 2 aromatic carbocycles. The van der Waals surface area contributed by atoms with Crippen molar-refractivity contribution in [3.63, 3.8) is 0 Å². The van der Waals surface area contributed by atoms with E-state index in [1.54, 1.807) is 12.1 Å². The SMILES string of the molecule is CCc1c(NS(=O)(=O)c2cc(F)cc(COC(C)=O)c2Cl)cccc1B1CCC(C)(C)C(C)(C)O1. The van der Waals surface area contributed by atoms with Gasteiger partial charge in [0.2, 0.25) is 0 Å². The lowest BCUT2D eigenvalue weighted by Crippen LogP contribution is -2.54. The Labute approximate surface area is 212 Å². The summed E-state index contributed by atoms with van der Waals surface area (Å²) in [5.74, 6) is -1.39. The van der Waals surface area contributed by atoms with E-state index in [0.29, 0.717) is 12.1 Å². The minimum atomic E-state index is -4.25. The fourth-order valence-electron chi connectivity index (χ4n) is 4.28. The lowest BCUT2D eigenvalue weighted by Gasteiger charge is -2.48. The van der Waals surface area contributed by atoms with E-state index in [2.05, 4.69) is 32.4 Å². The van der Waals surface area contributed by atoms with Crippen molar-refractivity contribution in [1.29, 1.82) is 0 Å². The molecule has 0 bridgehead atoms. The van der Waals surface area contributed by atoms with Crippen LogP contribution in [0.3, 0.4) is 0 Å². The molecule has 0 aliphatic carbocycles. The number of rotatable bonds is 7. The van der Waals surface area contributed by atoms with Gasteiger partial charge in [-0.05, 0) is 67.6 Å². The van der Waals surface area contributed by atoms with Crippen molar-refractivity contribution in [3.05, 3.63) is 52.3 Å². The van der Waals surface area contributed by atoms with Crippen LogP contribution in [0.1, 0.15) is 59.1 Å². The van der Waals surface area contributed by atoms with Gasteiger partial charge < -0.3 is 9.39 Å². The first-order valence-electron chi connectivity index (χ1n) is 11.6. The minimum absolute atomic E-state index is 0.00696. The molecule has 0 unspecified atom stereocenters. The molecule has 1 saturated heterocycles. The maximum absolute atomic E-state index is 14.3. The molecule has 1 aliphatic heterocycles. The van der Waals surface area contributed by atoms with Crippen LogP contribution in [-0.4, -0.2) is 26.9 Å². The van der Waals surface area contributed by atoms with Crippen LogP contribution >= 0.6 is 11.6 Å². The molecule has 1 fully saturated rings. The summed E-state index contributed by atoms with van der Waals surface area (Å²) < 4.78 is 54.9. The molecule has 1 aliphatic rings. The van der Waals surface area contributed by atoms with Crippen LogP contribution in [0.5, 0.6) is 0 Å². The Morgan fingerprint density at radius 1 is 1.26 bits per heavy atom. The molecule has 2 aromatic rings. The first-order valence-corrected chi connectivity index (χ1v) is 13.5.